The summed E-state index contributed by atoms with van der Waals surface area (Å²) in [7, 11) is 0. The monoisotopic (exact) mass is 910 g/mol. The Morgan fingerprint density at radius 3 is 1.57 bits per heavy atom. The van der Waals surface area contributed by atoms with Gasteiger partial charge in [-0.3, -0.25) is 0 Å². The zero-order valence-corrected chi connectivity index (χ0v) is 36.3. The molecular weight excluding hydrogens is 868 g/mol. The van der Waals surface area contributed by atoms with Crippen LogP contribution in [-0.4, -0.2) is 0 Å². The maximum Gasteiger partial charge on any atom is 0.0701 e. The van der Waals surface area contributed by atoms with Gasteiger partial charge in [0.2, 0.25) is 0 Å². The molecular formula is C39H45Br3S5. The smallest absolute Gasteiger partial charge is 0.0701 e. The van der Waals surface area contributed by atoms with Crippen molar-refractivity contribution in [2.45, 2.75) is 62.8 Å². The number of benzene rings is 2. The minimum Gasteiger partial charge on any atom is -0.149 e. The molecule has 0 fully saturated rings. The van der Waals surface area contributed by atoms with Crippen molar-refractivity contribution in [2.24, 2.45) is 0 Å². The Bertz CT molecular complexity index is 1700. The number of rotatable bonds is 0. The fraction of sp³-hybridized carbons (Fsp3) is 0.231. The number of halogens is 3. The van der Waals surface area contributed by atoms with E-state index in [0.717, 1.165) is 0 Å². The largest absolute Gasteiger partial charge is 0.149 e. The normalized spacial score (nSPS) is 9.43. The number of fused-ring (bicyclic) bond motifs is 1. The van der Waals surface area contributed by atoms with Crippen LogP contribution >= 0.6 is 104 Å². The van der Waals surface area contributed by atoms with E-state index in [2.05, 4.69) is 204 Å². The standard InChI is InChI=1S/C9H8S.C9H12.3C5H5BrS.C5H6S.CH4/c1-7-6-8-4-2-3-5-9(8)10-7;1-7-4-5-8(2)9(3)6-7;1-4-2-5(6)3-7-4;1-4-5(6)2-3-7-4;1-4-2-3-5(6)7-4;1-5-3-2-4-6-5;/h2-6H,1H3;4-6H,1-3H3;3*2-3H,1H3;2-4H,1H3;1H4. The minimum absolute atomic E-state index is 0. The van der Waals surface area contributed by atoms with Crippen LogP contribution in [0.15, 0.2) is 114 Å². The molecule has 0 aliphatic rings. The van der Waals surface area contributed by atoms with E-state index in [0.29, 0.717) is 0 Å². The van der Waals surface area contributed by atoms with Gasteiger partial charge in [-0.15, -0.1) is 56.7 Å². The van der Waals surface area contributed by atoms with E-state index in [4.69, 9.17) is 0 Å². The molecule has 47 heavy (non-hydrogen) atoms. The summed E-state index contributed by atoms with van der Waals surface area (Å²) in [6.45, 7) is 16.9. The molecule has 0 nitrogen and oxygen atoms in total. The first-order chi connectivity index (χ1) is 21.8. The highest BCUT2D eigenvalue weighted by molar-refractivity contribution is 9.11. The van der Waals surface area contributed by atoms with Crippen molar-refractivity contribution in [3.8, 4) is 0 Å². The average molecular weight is 914 g/mol. The molecule has 0 amide bonds. The maximum absolute atomic E-state index is 3.38. The van der Waals surface area contributed by atoms with Crippen LogP contribution in [-0.2, 0) is 0 Å². The zero-order chi connectivity index (χ0) is 34.1. The lowest BCUT2D eigenvalue weighted by Gasteiger charge is -1.98. The molecule has 0 unspecified atom stereocenters. The van der Waals surface area contributed by atoms with Gasteiger partial charge in [0, 0.05) is 43.4 Å². The van der Waals surface area contributed by atoms with Gasteiger partial charge in [-0.2, -0.15) is 0 Å². The van der Waals surface area contributed by atoms with Gasteiger partial charge < -0.3 is 0 Å². The van der Waals surface area contributed by atoms with E-state index in [9.17, 15) is 0 Å². The molecule has 7 rings (SSSR count). The van der Waals surface area contributed by atoms with Crippen molar-refractivity contribution in [3.63, 3.8) is 0 Å². The second kappa shape index (κ2) is 23.9. The second-order valence-electron chi connectivity index (χ2n) is 10.3. The van der Waals surface area contributed by atoms with Crippen LogP contribution in [0.25, 0.3) is 10.1 Å². The minimum atomic E-state index is 0. The number of hydrogen-bond donors (Lipinski definition) is 0. The fourth-order valence-corrected chi connectivity index (χ4v) is 9.00. The summed E-state index contributed by atoms with van der Waals surface area (Å²) < 4.78 is 5.01. The van der Waals surface area contributed by atoms with Crippen LogP contribution in [0.4, 0.5) is 0 Å². The summed E-state index contributed by atoms with van der Waals surface area (Å²) in [6, 6.07) is 29.7. The van der Waals surface area contributed by atoms with Gasteiger partial charge in [-0.05, 0) is 173 Å². The van der Waals surface area contributed by atoms with Crippen LogP contribution in [0.2, 0.25) is 0 Å². The van der Waals surface area contributed by atoms with E-state index < -0.39 is 0 Å². The van der Waals surface area contributed by atoms with Crippen LogP contribution < -0.4 is 0 Å². The first kappa shape index (κ1) is 43.7. The Kier molecular flexibility index (Phi) is 22.2. The molecule has 0 spiro atoms. The summed E-state index contributed by atoms with van der Waals surface area (Å²) in [6.07, 6.45) is 0. The summed E-state index contributed by atoms with van der Waals surface area (Å²) in [4.78, 5) is 6.83. The quantitative estimate of drug-likeness (QED) is 0.142. The van der Waals surface area contributed by atoms with Crippen LogP contribution in [0, 0.1) is 55.4 Å². The number of hydrogen-bond acceptors (Lipinski definition) is 5. The Morgan fingerprint density at radius 2 is 1.23 bits per heavy atom. The van der Waals surface area contributed by atoms with Gasteiger partial charge in [0.15, 0.2) is 0 Å². The molecule has 5 aromatic heterocycles. The predicted molar refractivity (Wildman–Crippen MR) is 233 cm³/mol. The van der Waals surface area contributed by atoms with Crippen molar-refractivity contribution >= 4 is 115 Å². The Hall–Kier alpha value is -1.36. The van der Waals surface area contributed by atoms with E-state index in [1.165, 1.54) is 63.9 Å². The molecule has 8 heteroatoms. The van der Waals surface area contributed by atoms with Gasteiger partial charge >= 0.3 is 0 Å². The van der Waals surface area contributed by atoms with Crippen LogP contribution in [0.1, 0.15) is 48.5 Å². The van der Waals surface area contributed by atoms with E-state index in [-0.39, 0.29) is 7.43 Å². The summed E-state index contributed by atoms with van der Waals surface area (Å²) in [5.74, 6) is 0. The Morgan fingerprint density at radius 1 is 0.511 bits per heavy atom. The van der Waals surface area contributed by atoms with Gasteiger partial charge in [-0.25, -0.2) is 0 Å². The van der Waals surface area contributed by atoms with Gasteiger partial charge in [0.25, 0.3) is 0 Å². The lowest BCUT2D eigenvalue weighted by atomic mass is 10.1. The van der Waals surface area contributed by atoms with Crippen molar-refractivity contribution in [1.82, 2.24) is 0 Å². The van der Waals surface area contributed by atoms with Crippen LogP contribution in [0.3, 0.4) is 0 Å². The van der Waals surface area contributed by atoms with Gasteiger partial charge in [-0.1, -0.05) is 55.5 Å². The predicted octanol–water partition coefficient (Wildman–Crippen LogP) is 17.0. The molecule has 5 heterocycles. The molecule has 0 aliphatic heterocycles. The summed E-state index contributed by atoms with van der Waals surface area (Å²) in [5, 5.41) is 7.59. The van der Waals surface area contributed by atoms with Crippen molar-refractivity contribution in [2.75, 3.05) is 0 Å². The van der Waals surface area contributed by atoms with E-state index >= 15 is 0 Å². The number of thiophene rings is 5. The SMILES string of the molecule is C.Cc1cc(Br)cs1.Cc1cc2ccccc2s1.Cc1ccc(Br)s1.Cc1ccc(C)c(C)c1.Cc1cccs1.Cc1sccc1Br. The third kappa shape index (κ3) is 18.8. The zero-order valence-electron chi connectivity index (χ0n) is 27.5. The second-order valence-corrected chi connectivity index (χ2v) is 19.4. The third-order valence-corrected chi connectivity index (χ3v) is 13.0. The number of aryl methyl sites for hydroxylation is 8. The molecule has 0 N–H and O–H groups in total. The first-order valence-electron chi connectivity index (χ1n) is 14.4. The average Bonchev–Trinajstić information content (AvgIpc) is 3.85. The van der Waals surface area contributed by atoms with Crippen molar-refractivity contribution < 1.29 is 0 Å². The fourth-order valence-electron chi connectivity index (χ4n) is 3.55. The lowest BCUT2D eigenvalue weighted by molar-refractivity contribution is 1.30. The van der Waals surface area contributed by atoms with Crippen molar-refractivity contribution in [3.05, 3.63) is 155 Å². The lowest BCUT2D eigenvalue weighted by Crippen LogP contribution is -1.79. The van der Waals surface area contributed by atoms with E-state index in [1.807, 2.05) is 11.3 Å². The summed E-state index contributed by atoms with van der Waals surface area (Å²) in [5.41, 5.74) is 4.11. The molecule has 0 saturated carbocycles. The Balaban J connectivity index is 0.000000283. The summed E-state index contributed by atoms with van der Waals surface area (Å²) >= 11 is 19.0. The third-order valence-electron chi connectivity index (χ3n) is 6.08. The molecule has 0 bridgehead atoms. The Labute approximate surface area is 329 Å². The van der Waals surface area contributed by atoms with Gasteiger partial charge in [0.1, 0.15) is 0 Å². The highest BCUT2D eigenvalue weighted by Gasteiger charge is 1.94. The molecule has 252 valence electrons. The van der Waals surface area contributed by atoms with Gasteiger partial charge in [0.05, 0.1) is 3.79 Å². The highest BCUT2D eigenvalue weighted by atomic mass is 79.9. The molecule has 7 aromatic rings. The molecule has 2 aromatic carbocycles. The van der Waals surface area contributed by atoms with Crippen molar-refractivity contribution in [1.29, 1.82) is 0 Å². The highest BCUT2D eigenvalue weighted by Crippen LogP contribution is 2.24. The van der Waals surface area contributed by atoms with Crippen LogP contribution in [0.5, 0.6) is 0 Å². The molecule has 0 saturated heterocycles. The molecule has 0 radical (unpaired) electrons. The molecule has 0 aliphatic carbocycles. The first-order valence-corrected chi connectivity index (χ1v) is 21.1. The maximum atomic E-state index is 3.38. The van der Waals surface area contributed by atoms with E-state index in [1.54, 1.807) is 45.3 Å². The topological polar surface area (TPSA) is 0 Å². The molecule has 0 atom stereocenters.